The van der Waals surface area contributed by atoms with E-state index in [1.165, 1.54) is 29.5 Å². The predicted molar refractivity (Wildman–Crippen MR) is 112 cm³/mol. The van der Waals surface area contributed by atoms with Crippen LogP contribution < -0.4 is 10.2 Å². The Morgan fingerprint density at radius 2 is 1.93 bits per heavy atom. The van der Waals surface area contributed by atoms with Crippen LogP contribution in [0, 0.1) is 10.1 Å². The molecule has 1 aromatic heterocycles. The van der Waals surface area contributed by atoms with E-state index in [0.29, 0.717) is 17.1 Å². The Labute approximate surface area is 170 Å². The lowest BCUT2D eigenvalue weighted by atomic mass is 10.0. The highest BCUT2D eigenvalue weighted by atomic mass is 32.1. The van der Waals surface area contributed by atoms with Gasteiger partial charge in [-0.3, -0.25) is 19.7 Å². The molecule has 0 aliphatic carbocycles. The summed E-state index contributed by atoms with van der Waals surface area (Å²) in [5, 5.41) is 15.8. The van der Waals surface area contributed by atoms with Crippen molar-refractivity contribution >= 4 is 40.2 Å². The third-order valence-electron chi connectivity index (χ3n) is 4.78. The van der Waals surface area contributed by atoms with E-state index in [2.05, 4.69) is 5.32 Å². The largest absolute Gasteiger partial charge is 0.322 e. The number of rotatable bonds is 4. The monoisotopic (exact) mass is 407 g/mol. The normalized spacial score (nSPS) is 12.9. The van der Waals surface area contributed by atoms with Gasteiger partial charge in [-0.25, -0.2) is 0 Å². The summed E-state index contributed by atoms with van der Waals surface area (Å²) in [6, 6.07) is 14.8. The zero-order chi connectivity index (χ0) is 20.4. The summed E-state index contributed by atoms with van der Waals surface area (Å²) in [7, 11) is 0. The molecule has 8 heteroatoms. The van der Waals surface area contributed by atoms with Gasteiger partial charge in [-0.05, 0) is 54.1 Å². The standard InChI is InChI=1S/C21H17N3O4S/c25-20(16-6-1-2-7-18(16)24(27)28)22-15-9-10-17-14(13-15)5-3-11-23(17)21(26)19-8-4-12-29-19/h1-2,4,6-10,12-13H,3,5,11H2,(H,22,25). The molecule has 1 aliphatic heterocycles. The molecular formula is C21H17N3O4S. The first-order valence-electron chi connectivity index (χ1n) is 9.07. The third-order valence-corrected chi connectivity index (χ3v) is 5.64. The second-order valence-electron chi connectivity index (χ2n) is 6.61. The van der Waals surface area contributed by atoms with Crippen molar-refractivity contribution in [3.63, 3.8) is 0 Å². The molecule has 0 spiro atoms. The van der Waals surface area contributed by atoms with Gasteiger partial charge in [-0.15, -0.1) is 11.3 Å². The number of para-hydroxylation sites is 1. The Morgan fingerprint density at radius 3 is 2.69 bits per heavy atom. The average molecular weight is 407 g/mol. The minimum atomic E-state index is -0.574. The number of thiophene rings is 1. The number of nitro benzene ring substituents is 1. The van der Waals surface area contributed by atoms with Gasteiger partial charge in [-0.2, -0.15) is 0 Å². The van der Waals surface area contributed by atoms with E-state index in [-0.39, 0.29) is 17.2 Å². The van der Waals surface area contributed by atoms with Crippen molar-refractivity contribution in [2.75, 3.05) is 16.8 Å². The number of fused-ring (bicyclic) bond motifs is 1. The van der Waals surface area contributed by atoms with Gasteiger partial charge in [0, 0.05) is 24.0 Å². The summed E-state index contributed by atoms with van der Waals surface area (Å²) in [6.45, 7) is 0.644. The topological polar surface area (TPSA) is 92.6 Å². The maximum Gasteiger partial charge on any atom is 0.282 e. The third kappa shape index (κ3) is 3.74. The zero-order valence-electron chi connectivity index (χ0n) is 15.3. The molecule has 146 valence electrons. The molecule has 0 saturated heterocycles. The summed E-state index contributed by atoms with van der Waals surface area (Å²) < 4.78 is 0. The molecule has 3 aromatic rings. The summed E-state index contributed by atoms with van der Waals surface area (Å²) >= 11 is 1.41. The van der Waals surface area contributed by atoms with Crippen LogP contribution in [-0.4, -0.2) is 23.3 Å². The van der Waals surface area contributed by atoms with Crippen molar-refractivity contribution in [1.82, 2.24) is 0 Å². The number of carbonyl (C=O) groups excluding carboxylic acids is 2. The second-order valence-corrected chi connectivity index (χ2v) is 7.56. The Hall–Kier alpha value is -3.52. The number of amides is 2. The predicted octanol–water partition coefficient (Wildman–Crippen LogP) is 4.50. The number of hydrogen-bond acceptors (Lipinski definition) is 5. The van der Waals surface area contributed by atoms with E-state index in [9.17, 15) is 19.7 Å². The molecule has 1 aliphatic rings. The molecule has 4 rings (SSSR count). The van der Waals surface area contributed by atoms with Crippen LogP contribution in [-0.2, 0) is 6.42 Å². The van der Waals surface area contributed by atoms with Crippen molar-refractivity contribution in [1.29, 1.82) is 0 Å². The molecule has 0 radical (unpaired) electrons. The van der Waals surface area contributed by atoms with Crippen molar-refractivity contribution in [2.24, 2.45) is 0 Å². The highest BCUT2D eigenvalue weighted by Crippen LogP contribution is 2.32. The van der Waals surface area contributed by atoms with Crippen molar-refractivity contribution in [3.8, 4) is 0 Å². The van der Waals surface area contributed by atoms with E-state index >= 15 is 0 Å². The van der Waals surface area contributed by atoms with Gasteiger partial charge in [-0.1, -0.05) is 18.2 Å². The Kier molecular flexibility index (Phi) is 5.09. The number of nitrogens with one attached hydrogen (secondary N) is 1. The fraction of sp³-hybridized carbons (Fsp3) is 0.143. The van der Waals surface area contributed by atoms with Crippen LogP contribution >= 0.6 is 11.3 Å². The average Bonchev–Trinajstić information content (AvgIpc) is 3.27. The number of benzene rings is 2. The molecule has 0 fully saturated rings. The number of aryl methyl sites for hydroxylation is 1. The van der Waals surface area contributed by atoms with Gasteiger partial charge < -0.3 is 10.2 Å². The summed E-state index contributed by atoms with van der Waals surface area (Å²) in [5.41, 5.74) is 2.09. The highest BCUT2D eigenvalue weighted by molar-refractivity contribution is 7.12. The number of nitrogens with zero attached hydrogens (tertiary/aromatic N) is 2. The van der Waals surface area contributed by atoms with Crippen LogP contribution in [0.2, 0.25) is 0 Å². The van der Waals surface area contributed by atoms with Crippen LogP contribution in [0.5, 0.6) is 0 Å². The number of hydrogen-bond donors (Lipinski definition) is 1. The molecule has 2 aromatic carbocycles. The van der Waals surface area contributed by atoms with Crippen LogP contribution in [0.3, 0.4) is 0 Å². The first kappa shape index (κ1) is 18.8. The molecule has 2 amide bonds. The SMILES string of the molecule is O=C(Nc1ccc2c(c1)CCCN2C(=O)c1cccs1)c1ccccc1[N+](=O)[O-]. The molecule has 29 heavy (non-hydrogen) atoms. The number of anilines is 2. The van der Waals surface area contributed by atoms with Gasteiger partial charge >= 0.3 is 0 Å². The Bertz CT molecular complexity index is 1100. The number of nitro groups is 1. The van der Waals surface area contributed by atoms with Gasteiger partial charge in [0.05, 0.1) is 9.80 Å². The van der Waals surface area contributed by atoms with Gasteiger partial charge in [0.1, 0.15) is 5.56 Å². The molecule has 0 bridgehead atoms. The van der Waals surface area contributed by atoms with Crippen LogP contribution in [0.15, 0.2) is 60.0 Å². The lowest BCUT2D eigenvalue weighted by Gasteiger charge is -2.29. The maximum atomic E-state index is 12.8. The highest BCUT2D eigenvalue weighted by Gasteiger charge is 2.25. The van der Waals surface area contributed by atoms with Gasteiger partial charge in [0.25, 0.3) is 17.5 Å². The van der Waals surface area contributed by atoms with E-state index in [1.54, 1.807) is 17.0 Å². The van der Waals surface area contributed by atoms with E-state index < -0.39 is 10.8 Å². The molecule has 2 heterocycles. The quantitative estimate of drug-likeness (QED) is 0.509. The lowest BCUT2D eigenvalue weighted by molar-refractivity contribution is -0.385. The molecule has 0 unspecified atom stereocenters. The first-order chi connectivity index (χ1) is 14.0. The van der Waals surface area contributed by atoms with Gasteiger partial charge in [0.2, 0.25) is 0 Å². The Balaban J connectivity index is 1.58. The van der Waals surface area contributed by atoms with Crippen LogP contribution in [0.1, 0.15) is 32.0 Å². The molecule has 0 saturated carbocycles. The van der Waals surface area contributed by atoms with Crippen molar-refractivity contribution in [2.45, 2.75) is 12.8 Å². The zero-order valence-corrected chi connectivity index (χ0v) is 16.1. The van der Waals surface area contributed by atoms with Crippen LogP contribution in [0.25, 0.3) is 0 Å². The van der Waals surface area contributed by atoms with Gasteiger partial charge in [0.15, 0.2) is 0 Å². The first-order valence-corrected chi connectivity index (χ1v) is 9.95. The molecule has 7 nitrogen and oxygen atoms in total. The summed E-state index contributed by atoms with van der Waals surface area (Å²) in [4.78, 5) is 38.4. The van der Waals surface area contributed by atoms with Crippen LogP contribution in [0.4, 0.5) is 17.1 Å². The molecule has 1 N–H and O–H groups in total. The van der Waals surface area contributed by atoms with E-state index in [1.807, 2.05) is 29.6 Å². The Morgan fingerprint density at radius 1 is 1.10 bits per heavy atom. The van der Waals surface area contributed by atoms with E-state index in [4.69, 9.17) is 0 Å². The maximum absolute atomic E-state index is 12.8. The fourth-order valence-electron chi connectivity index (χ4n) is 3.44. The smallest absolute Gasteiger partial charge is 0.282 e. The summed E-state index contributed by atoms with van der Waals surface area (Å²) in [5.74, 6) is -0.572. The molecular weight excluding hydrogens is 390 g/mol. The summed E-state index contributed by atoms with van der Waals surface area (Å²) in [6.07, 6.45) is 1.62. The van der Waals surface area contributed by atoms with E-state index in [0.717, 1.165) is 24.1 Å². The fourth-order valence-corrected chi connectivity index (χ4v) is 4.11. The van der Waals surface area contributed by atoms with Crippen molar-refractivity contribution in [3.05, 3.63) is 86.1 Å². The second kappa shape index (κ2) is 7.84. The minimum absolute atomic E-state index is 0.00437. The molecule has 0 atom stereocenters. The minimum Gasteiger partial charge on any atom is -0.322 e. The van der Waals surface area contributed by atoms with Crippen molar-refractivity contribution < 1.29 is 14.5 Å². The lowest BCUT2D eigenvalue weighted by Crippen LogP contribution is -2.35. The number of carbonyl (C=O) groups is 2.